The first kappa shape index (κ1) is 14.8. The minimum Gasteiger partial charge on any atom is -0.409 e. The Bertz CT molecular complexity index is 553. The second kappa shape index (κ2) is 6.10. The smallest absolute Gasteiger partial charge is 0.171 e. The van der Waals surface area contributed by atoms with Crippen molar-refractivity contribution in [1.82, 2.24) is 0 Å². The molecule has 5 nitrogen and oxygen atoms in total. The summed E-state index contributed by atoms with van der Waals surface area (Å²) in [5.74, 6) is 0.567. The summed E-state index contributed by atoms with van der Waals surface area (Å²) in [5.41, 5.74) is 7.18. The summed E-state index contributed by atoms with van der Waals surface area (Å²) in [5, 5.41) is 11.7. The molecule has 0 aliphatic rings. The highest BCUT2D eigenvalue weighted by molar-refractivity contribution is 8.00. The summed E-state index contributed by atoms with van der Waals surface area (Å²) >= 11 is 1.39. The van der Waals surface area contributed by atoms with E-state index in [-0.39, 0.29) is 11.6 Å². The van der Waals surface area contributed by atoms with Crippen LogP contribution < -0.4 is 5.73 Å². The van der Waals surface area contributed by atoms with E-state index in [0.717, 1.165) is 10.5 Å². The van der Waals surface area contributed by atoms with Gasteiger partial charge in [0.1, 0.15) is 9.84 Å². The van der Waals surface area contributed by atoms with E-state index >= 15 is 0 Å². The van der Waals surface area contributed by atoms with Gasteiger partial charge in [0.2, 0.25) is 0 Å². The third-order valence-corrected chi connectivity index (χ3v) is 4.74. The molecular weight excluding hydrogens is 272 g/mol. The van der Waals surface area contributed by atoms with E-state index in [1.165, 1.54) is 18.0 Å². The van der Waals surface area contributed by atoms with Gasteiger partial charge >= 0.3 is 0 Å². The SMILES string of the molecule is Cc1cccc(/C(N)=N/O)c1SCCS(C)(=O)=O. The Morgan fingerprint density at radius 1 is 1.50 bits per heavy atom. The Kier molecular flexibility index (Phi) is 5.03. The predicted molar refractivity (Wildman–Crippen MR) is 74.1 cm³/mol. The Morgan fingerprint density at radius 3 is 2.72 bits per heavy atom. The fourth-order valence-electron chi connectivity index (χ4n) is 1.39. The highest BCUT2D eigenvalue weighted by Crippen LogP contribution is 2.26. The molecule has 3 N–H and O–H groups in total. The Hall–Kier alpha value is -1.21. The van der Waals surface area contributed by atoms with Crippen molar-refractivity contribution >= 4 is 27.4 Å². The van der Waals surface area contributed by atoms with E-state index in [1.807, 2.05) is 19.1 Å². The summed E-state index contributed by atoms with van der Waals surface area (Å²) in [7, 11) is -2.98. The molecule has 0 amide bonds. The van der Waals surface area contributed by atoms with E-state index in [0.29, 0.717) is 11.3 Å². The van der Waals surface area contributed by atoms with Crippen molar-refractivity contribution in [3.05, 3.63) is 29.3 Å². The lowest BCUT2D eigenvalue weighted by molar-refractivity contribution is 0.318. The largest absolute Gasteiger partial charge is 0.409 e. The first-order chi connectivity index (χ1) is 8.35. The van der Waals surface area contributed by atoms with Gasteiger partial charge in [-0.25, -0.2) is 8.42 Å². The second-order valence-corrected chi connectivity index (χ2v) is 7.28. The number of thioether (sulfide) groups is 1. The maximum Gasteiger partial charge on any atom is 0.171 e. The normalized spacial score (nSPS) is 12.7. The molecule has 0 radical (unpaired) electrons. The first-order valence-electron chi connectivity index (χ1n) is 5.23. The van der Waals surface area contributed by atoms with Gasteiger partial charge in [0, 0.05) is 22.5 Å². The van der Waals surface area contributed by atoms with Crippen LogP contribution in [-0.2, 0) is 9.84 Å². The fourth-order valence-corrected chi connectivity index (χ4v) is 3.77. The summed E-state index contributed by atoms with van der Waals surface area (Å²) in [6.07, 6.45) is 1.20. The predicted octanol–water partition coefficient (Wildman–Crippen LogP) is 1.23. The topological polar surface area (TPSA) is 92.8 Å². The van der Waals surface area contributed by atoms with Crippen LogP contribution in [0.5, 0.6) is 0 Å². The first-order valence-corrected chi connectivity index (χ1v) is 8.28. The van der Waals surface area contributed by atoms with Crippen molar-refractivity contribution in [2.24, 2.45) is 10.9 Å². The third-order valence-electron chi connectivity index (χ3n) is 2.30. The maximum absolute atomic E-state index is 11.1. The van der Waals surface area contributed by atoms with E-state index in [4.69, 9.17) is 10.9 Å². The molecule has 1 aromatic carbocycles. The molecule has 0 fully saturated rings. The second-order valence-electron chi connectivity index (χ2n) is 3.92. The number of oxime groups is 1. The highest BCUT2D eigenvalue weighted by Gasteiger charge is 2.11. The molecule has 1 rings (SSSR count). The van der Waals surface area contributed by atoms with Crippen LogP contribution in [0.15, 0.2) is 28.3 Å². The Morgan fingerprint density at radius 2 is 2.17 bits per heavy atom. The highest BCUT2D eigenvalue weighted by atomic mass is 32.2. The van der Waals surface area contributed by atoms with Gasteiger partial charge in [-0.2, -0.15) is 0 Å². The fraction of sp³-hybridized carbons (Fsp3) is 0.364. The average Bonchev–Trinajstić information content (AvgIpc) is 2.28. The van der Waals surface area contributed by atoms with Crippen molar-refractivity contribution in [3.63, 3.8) is 0 Å². The maximum atomic E-state index is 11.1. The summed E-state index contributed by atoms with van der Waals surface area (Å²) in [6.45, 7) is 1.90. The molecule has 100 valence electrons. The number of nitrogens with zero attached hydrogens (tertiary/aromatic N) is 1. The number of nitrogens with two attached hydrogens (primary N) is 1. The number of benzene rings is 1. The molecule has 0 saturated carbocycles. The lowest BCUT2D eigenvalue weighted by atomic mass is 10.1. The van der Waals surface area contributed by atoms with E-state index < -0.39 is 9.84 Å². The number of hydrogen-bond acceptors (Lipinski definition) is 5. The molecule has 0 spiro atoms. The van der Waals surface area contributed by atoms with Crippen molar-refractivity contribution in [1.29, 1.82) is 0 Å². The monoisotopic (exact) mass is 288 g/mol. The molecule has 0 bridgehead atoms. The van der Waals surface area contributed by atoms with Crippen molar-refractivity contribution in [3.8, 4) is 0 Å². The zero-order chi connectivity index (χ0) is 13.8. The molecule has 0 atom stereocenters. The molecule has 0 heterocycles. The molecule has 18 heavy (non-hydrogen) atoms. The molecule has 0 aliphatic carbocycles. The van der Waals surface area contributed by atoms with Crippen LogP contribution in [0.4, 0.5) is 0 Å². The third kappa shape index (κ3) is 4.23. The van der Waals surface area contributed by atoms with Gasteiger partial charge in [0.05, 0.1) is 5.75 Å². The van der Waals surface area contributed by atoms with Crippen LogP contribution in [0.1, 0.15) is 11.1 Å². The van der Waals surface area contributed by atoms with Crippen LogP contribution in [-0.4, -0.2) is 37.2 Å². The minimum atomic E-state index is -2.98. The minimum absolute atomic E-state index is 0.0283. The van der Waals surface area contributed by atoms with Crippen molar-refractivity contribution in [2.45, 2.75) is 11.8 Å². The Balaban J connectivity index is 2.94. The van der Waals surface area contributed by atoms with Crippen LogP contribution in [0.2, 0.25) is 0 Å². The van der Waals surface area contributed by atoms with Crippen LogP contribution >= 0.6 is 11.8 Å². The summed E-state index contributed by atoms with van der Waals surface area (Å²) in [6, 6.07) is 5.45. The summed E-state index contributed by atoms with van der Waals surface area (Å²) in [4.78, 5) is 0.844. The van der Waals surface area contributed by atoms with Gasteiger partial charge in [-0.05, 0) is 12.5 Å². The van der Waals surface area contributed by atoms with E-state index in [1.54, 1.807) is 6.07 Å². The molecular formula is C11H16N2O3S2. The van der Waals surface area contributed by atoms with Gasteiger partial charge in [0.25, 0.3) is 0 Å². The molecule has 7 heteroatoms. The zero-order valence-corrected chi connectivity index (χ0v) is 11.9. The molecule has 0 saturated heterocycles. The molecule has 0 aromatic heterocycles. The number of rotatable bonds is 5. The summed E-state index contributed by atoms with van der Waals surface area (Å²) < 4.78 is 22.2. The lowest BCUT2D eigenvalue weighted by Gasteiger charge is -2.10. The standard InChI is InChI=1S/C11H16N2O3S2/c1-8-4-3-5-9(11(12)13-14)10(8)17-6-7-18(2,15)16/h3-5,14H,6-7H2,1-2H3,(H2,12,13). The van der Waals surface area contributed by atoms with E-state index in [2.05, 4.69) is 5.16 Å². The zero-order valence-electron chi connectivity index (χ0n) is 10.3. The van der Waals surface area contributed by atoms with Gasteiger partial charge in [0.15, 0.2) is 5.84 Å². The van der Waals surface area contributed by atoms with Crippen LogP contribution in [0, 0.1) is 6.92 Å². The molecule has 1 aromatic rings. The average molecular weight is 288 g/mol. The van der Waals surface area contributed by atoms with Crippen molar-refractivity contribution < 1.29 is 13.6 Å². The molecule has 0 unspecified atom stereocenters. The van der Waals surface area contributed by atoms with Crippen molar-refractivity contribution in [2.75, 3.05) is 17.8 Å². The lowest BCUT2D eigenvalue weighted by Crippen LogP contribution is -2.15. The van der Waals surface area contributed by atoms with Crippen LogP contribution in [0.25, 0.3) is 0 Å². The number of amidine groups is 1. The van der Waals surface area contributed by atoms with Gasteiger partial charge in [-0.15, -0.1) is 11.8 Å². The van der Waals surface area contributed by atoms with Gasteiger partial charge in [-0.1, -0.05) is 23.4 Å². The van der Waals surface area contributed by atoms with Gasteiger partial charge in [-0.3, -0.25) is 0 Å². The number of hydrogen-bond donors (Lipinski definition) is 2. The van der Waals surface area contributed by atoms with E-state index in [9.17, 15) is 8.42 Å². The quantitative estimate of drug-likeness (QED) is 0.279. The Labute approximate surface area is 111 Å². The number of sulfone groups is 1. The van der Waals surface area contributed by atoms with Crippen LogP contribution in [0.3, 0.4) is 0 Å². The molecule has 0 aliphatic heterocycles. The number of aryl methyl sites for hydroxylation is 1. The van der Waals surface area contributed by atoms with Gasteiger partial charge < -0.3 is 10.9 Å².